The Kier molecular flexibility index (Phi) is 4.19. The predicted molar refractivity (Wildman–Crippen MR) is 108 cm³/mol. The second-order valence-electron chi connectivity index (χ2n) is 11.7. The quantitative estimate of drug-likeness (QED) is 0.585. The van der Waals surface area contributed by atoms with Crippen LogP contribution in [0.2, 0.25) is 0 Å². The van der Waals surface area contributed by atoms with Gasteiger partial charge in [-0.2, -0.15) is 0 Å². The van der Waals surface area contributed by atoms with Gasteiger partial charge >= 0.3 is 5.97 Å². The highest BCUT2D eigenvalue weighted by molar-refractivity contribution is 5.85. The maximum Gasteiger partial charge on any atom is 0.331 e. The van der Waals surface area contributed by atoms with Gasteiger partial charge in [0.15, 0.2) is 0 Å². The molecule has 0 aromatic heterocycles. The van der Waals surface area contributed by atoms with E-state index in [2.05, 4.69) is 13.8 Å². The van der Waals surface area contributed by atoms with E-state index in [1.807, 2.05) is 6.92 Å². The highest BCUT2D eigenvalue weighted by Crippen LogP contribution is 2.70. The van der Waals surface area contributed by atoms with Crippen molar-refractivity contribution >= 4 is 5.97 Å². The van der Waals surface area contributed by atoms with Crippen LogP contribution in [0, 0.1) is 34.5 Å². The number of ether oxygens (including phenoxy) is 1. The Balaban J connectivity index is 1.49. The molecule has 5 aliphatic rings. The van der Waals surface area contributed by atoms with Crippen molar-refractivity contribution < 1.29 is 24.9 Å². The Morgan fingerprint density at radius 1 is 1.00 bits per heavy atom. The van der Waals surface area contributed by atoms with Gasteiger partial charge < -0.3 is 20.1 Å². The SMILES string of the molecule is C[C@@]1(O)CC[C@@]2(C)[C@H](CC[C@@H]3[C@@H]2CC[C@]2(C)[C@@H](C4=CC(=O)OC4)[C@@H](O)C[C@]32O)C1. The smallest absolute Gasteiger partial charge is 0.331 e. The van der Waals surface area contributed by atoms with Gasteiger partial charge in [0, 0.05) is 23.8 Å². The van der Waals surface area contributed by atoms with Crippen LogP contribution in [0.5, 0.6) is 0 Å². The molecule has 162 valence electrons. The van der Waals surface area contributed by atoms with Crippen molar-refractivity contribution in [3.05, 3.63) is 11.6 Å². The summed E-state index contributed by atoms with van der Waals surface area (Å²) in [4.78, 5) is 11.7. The molecule has 4 aliphatic carbocycles. The maximum atomic E-state index is 12.2. The fraction of sp³-hybridized carbons (Fsp3) is 0.875. The fourth-order valence-corrected chi connectivity index (χ4v) is 8.66. The van der Waals surface area contributed by atoms with Crippen LogP contribution in [-0.2, 0) is 9.53 Å². The van der Waals surface area contributed by atoms with Gasteiger partial charge in [-0.3, -0.25) is 0 Å². The molecule has 4 fully saturated rings. The maximum absolute atomic E-state index is 12.2. The van der Waals surface area contributed by atoms with Crippen LogP contribution in [-0.4, -0.2) is 45.2 Å². The van der Waals surface area contributed by atoms with Crippen molar-refractivity contribution in [1.82, 2.24) is 0 Å². The van der Waals surface area contributed by atoms with Crippen LogP contribution in [0.25, 0.3) is 0 Å². The Bertz CT molecular complexity index is 758. The van der Waals surface area contributed by atoms with E-state index in [0.717, 1.165) is 50.5 Å². The second kappa shape index (κ2) is 6.08. The molecule has 5 rings (SSSR count). The van der Waals surface area contributed by atoms with Crippen LogP contribution in [0.3, 0.4) is 0 Å². The van der Waals surface area contributed by atoms with Crippen molar-refractivity contribution in [3.8, 4) is 0 Å². The molecule has 0 saturated heterocycles. The minimum atomic E-state index is -0.916. The molecule has 1 heterocycles. The average Bonchev–Trinajstić information content (AvgIpc) is 3.13. The summed E-state index contributed by atoms with van der Waals surface area (Å²) < 4.78 is 5.15. The molecule has 0 amide bonds. The molecule has 29 heavy (non-hydrogen) atoms. The van der Waals surface area contributed by atoms with Crippen molar-refractivity contribution in [2.45, 2.75) is 89.4 Å². The highest BCUT2D eigenvalue weighted by Gasteiger charge is 2.70. The number of cyclic esters (lactones) is 1. The van der Waals surface area contributed by atoms with E-state index in [4.69, 9.17) is 4.74 Å². The van der Waals surface area contributed by atoms with Crippen LogP contribution in [0.1, 0.15) is 72.1 Å². The molecule has 1 aliphatic heterocycles. The molecular formula is C24H36O5. The summed E-state index contributed by atoms with van der Waals surface area (Å²) in [6.45, 7) is 6.74. The summed E-state index contributed by atoms with van der Waals surface area (Å²) in [5.74, 6) is 0.562. The number of esters is 1. The molecule has 0 spiro atoms. The van der Waals surface area contributed by atoms with Gasteiger partial charge in [-0.05, 0) is 80.6 Å². The van der Waals surface area contributed by atoms with Gasteiger partial charge in [0.05, 0.1) is 17.3 Å². The molecule has 5 heteroatoms. The molecule has 4 saturated carbocycles. The minimum Gasteiger partial charge on any atom is -0.458 e. The van der Waals surface area contributed by atoms with Gasteiger partial charge in [-0.15, -0.1) is 0 Å². The zero-order valence-electron chi connectivity index (χ0n) is 18.0. The minimum absolute atomic E-state index is 0.150. The third kappa shape index (κ3) is 2.59. The fourth-order valence-electron chi connectivity index (χ4n) is 8.66. The van der Waals surface area contributed by atoms with Crippen molar-refractivity contribution in [1.29, 1.82) is 0 Å². The summed E-state index contributed by atoms with van der Waals surface area (Å²) in [5.41, 5.74) is -0.908. The molecule has 3 N–H and O–H groups in total. The van der Waals surface area contributed by atoms with Crippen LogP contribution >= 0.6 is 0 Å². The molecule has 0 aromatic rings. The molecule has 5 nitrogen and oxygen atoms in total. The first-order valence-corrected chi connectivity index (χ1v) is 11.5. The standard InChI is InChI=1S/C24H36O5/c1-21(27)8-9-22(2)15(11-21)4-5-17-16(22)6-7-23(3)20(14-10-19(26)29-13-14)18(25)12-24(17,23)28/h10,15-18,20,25,27-28H,4-9,11-13H2,1-3H3/t15-,16+,17-,18+,20+,21-,22+,23-,24+/m1/s1. The summed E-state index contributed by atoms with van der Waals surface area (Å²) >= 11 is 0. The van der Waals surface area contributed by atoms with E-state index in [-0.39, 0.29) is 29.8 Å². The van der Waals surface area contributed by atoms with Crippen LogP contribution < -0.4 is 0 Å². The largest absolute Gasteiger partial charge is 0.458 e. The topological polar surface area (TPSA) is 87.0 Å². The molecule has 0 bridgehead atoms. The number of hydrogen-bond acceptors (Lipinski definition) is 5. The zero-order chi connectivity index (χ0) is 20.8. The number of hydrogen-bond donors (Lipinski definition) is 3. The number of aliphatic hydroxyl groups excluding tert-OH is 1. The van der Waals surface area contributed by atoms with E-state index >= 15 is 0 Å². The van der Waals surface area contributed by atoms with Crippen molar-refractivity contribution in [2.75, 3.05) is 6.61 Å². The Hall–Kier alpha value is -0.910. The number of aliphatic hydroxyl groups is 3. The first-order valence-electron chi connectivity index (χ1n) is 11.5. The Morgan fingerprint density at radius 3 is 2.45 bits per heavy atom. The zero-order valence-corrected chi connectivity index (χ0v) is 18.0. The summed E-state index contributed by atoms with van der Waals surface area (Å²) in [5, 5.41) is 33.9. The van der Waals surface area contributed by atoms with Crippen LogP contribution in [0.15, 0.2) is 11.6 Å². The first kappa shape index (κ1) is 20.0. The third-order valence-electron chi connectivity index (χ3n) is 10.2. The van der Waals surface area contributed by atoms with Gasteiger partial charge in [-0.1, -0.05) is 13.8 Å². The normalized spacial score (nSPS) is 56.8. The van der Waals surface area contributed by atoms with Crippen molar-refractivity contribution in [3.63, 3.8) is 0 Å². The van der Waals surface area contributed by atoms with E-state index in [9.17, 15) is 20.1 Å². The molecular weight excluding hydrogens is 368 g/mol. The average molecular weight is 405 g/mol. The lowest BCUT2D eigenvalue weighted by Gasteiger charge is -2.64. The lowest BCUT2D eigenvalue weighted by molar-refractivity contribution is -0.213. The number of rotatable bonds is 1. The van der Waals surface area contributed by atoms with E-state index in [1.165, 1.54) is 0 Å². The summed E-state index contributed by atoms with van der Waals surface area (Å²) in [7, 11) is 0. The molecule has 0 radical (unpaired) electrons. The van der Waals surface area contributed by atoms with Crippen molar-refractivity contribution in [2.24, 2.45) is 34.5 Å². The molecule has 0 unspecified atom stereocenters. The number of carbonyl (C=O) groups is 1. The number of carbonyl (C=O) groups excluding carboxylic acids is 1. The third-order valence-corrected chi connectivity index (χ3v) is 10.2. The number of fused-ring (bicyclic) bond motifs is 5. The molecule has 9 atom stereocenters. The summed E-state index contributed by atoms with van der Waals surface area (Å²) in [6, 6.07) is 0. The second-order valence-corrected chi connectivity index (χ2v) is 11.7. The van der Waals surface area contributed by atoms with E-state index in [0.29, 0.717) is 18.3 Å². The Labute approximate surface area is 173 Å². The van der Waals surface area contributed by atoms with E-state index < -0.39 is 22.7 Å². The van der Waals surface area contributed by atoms with E-state index in [1.54, 1.807) is 6.08 Å². The molecule has 0 aromatic carbocycles. The predicted octanol–water partition coefficient (Wildman–Crippen LogP) is 2.97. The Morgan fingerprint density at radius 2 is 1.76 bits per heavy atom. The van der Waals surface area contributed by atoms with Crippen LogP contribution in [0.4, 0.5) is 0 Å². The highest BCUT2D eigenvalue weighted by atomic mass is 16.5. The first-order chi connectivity index (χ1) is 13.5. The van der Waals surface area contributed by atoms with Gasteiger partial charge in [0.1, 0.15) is 6.61 Å². The van der Waals surface area contributed by atoms with Gasteiger partial charge in [-0.25, -0.2) is 4.79 Å². The van der Waals surface area contributed by atoms with Gasteiger partial charge in [0.25, 0.3) is 0 Å². The monoisotopic (exact) mass is 404 g/mol. The summed E-state index contributed by atoms with van der Waals surface area (Å²) in [6.07, 6.45) is 7.90. The lowest BCUT2D eigenvalue weighted by Crippen LogP contribution is -2.62. The lowest BCUT2D eigenvalue weighted by atomic mass is 9.42. The van der Waals surface area contributed by atoms with Gasteiger partial charge in [0.2, 0.25) is 0 Å².